The van der Waals surface area contributed by atoms with Gasteiger partial charge in [-0.05, 0) is 79.1 Å². The van der Waals surface area contributed by atoms with E-state index in [4.69, 9.17) is 4.98 Å². The highest BCUT2D eigenvalue weighted by atomic mass is 32.1. The number of H-pyrrole nitrogens is 1. The van der Waals surface area contributed by atoms with Crippen molar-refractivity contribution in [1.29, 1.82) is 0 Å². The molecule has 3 heterocycles. The number of hydrogen-bond donors (Lipinski definition) is 2. The summed E-state index contributed by atoms with van der Waals surface area (Å²) in [4.78, 5) is 36.9. The van der Waals surface area contributed by atoms with Gasteiger partial charge in [0.15, 0.2) is 6.10 Å². The van der Waals surface area contributed by atoms with Crippen LogP contribution in [0.15, 0.2) is 40.5 Å². The molecule has 1 aromatic carbocycles. The number of amides is 1. The maximum Gasteiger partial charge on any atom is 0.416 e. The Morgan fingerprint density at radius 3 is 2.77 bits per heavy atom. The van der Waals surface area contributed by atoms with Crippen LogP contribution < -0.4 is 5.56 Å². The van der Waals surface area contributed by atoms with Crippen molar-refractivity contribution in [3.8, 4) is 0 Å². The van der Waals surface area contributed by atoms with Gasteiger partial charge in [-0.25, -0.2) is 4.98 Å². The van der Waals surface area contributed by atoms with E-state index in [-0.39, 0.29) is 29.6 Å². The van der Waals surface area contributed by atoms with Crippen molar-refractivity contribution in [2.75, 3.05) is 6.54 Å². The Morgan fingerprint density at radius 2 is 2.05 bits per heavy atom. The number of hydrogen-bond acceptors (Lipinski definition) is 5. The molecule has 0 radical (unpaired) electrons. The molecular weight excluding hydrogens is 527 g/mol. The minimum absolute atomic E-state index is 0.0515. The number of halogens is 3. The number of rotatable bonds is 7. The van der Waals surface area contributed by atoms with Crippen LogP contribution in [0.25, 0.3) is 0 Å². The Morgan fingerprint density at radius 1 is 1.26 bits per heavy atom. The molecule has 0 unspecified atom stereocenters. The van der Waals surface area contributed by atoms with E-state index in [1.807, 2.05) is 0 Å². The first kappa shape index (κ1) is 26.3. The summed E-state index contributed by atoms with van der Waals surface area (Å²) in [7, 11) is 0. The predicted octanol–water partition coefficient (Wildman–Crippen LogP) is 5.28. The average Bonchev–Trinajstić information content (AvgIpc) is 3.84. The van der Waals surface area contributed by atoms with Gasteiger partial charge >= 0.3 is 6.18 Å². The fraction of sp³-hybridized carbons (Fsp3) is 0.483. The lowest BCUT2D eigenvalue weighted by molar-refractivity contribution is -0.142. The van der Waals surface area contributed by atoms with Gasteiger partial charge in [-0.3, -0.25) is 9.59 Å². The molecule has 3 aromatic rings. The topological polar surface area (TPSA) is 86.3 Å². The molecule has 1 amide bonds. The van der Waals surface area contributed by atoms with Gasteiger partial charge in [-0.1, -0.05) is 25.0 Å². The maximum absolute atomic E-state index is 13.3. The number of alkyl halides is 3. The lowest BCUT2D eigenvalue weighted by Crippen LogP contribution is -2.36. The van der Waals surface area contributed by atoms with E-state index in [0.29, 0.717) is 29.9 Å². The van der Waals surface area contributed by atoms with Crippen LogP contribution in [0, 0.1) is 5.92 Å². The van der Waals surface area contributed by atoms with E-state index in [1.165, 1.54) is 46.7 Å². The Kier molecular flexibility index (Phi) is 6.66. The summed E-state index contributed by atoms with van der Waals surface area (Å²) in [6.07, 6.45) is 1.53. The number of carbonyl (C=O) groups is 1. The van der Waals surface area contributed by atoms with Gasteiger partial charge in [-0.15, -0.1) is 11.3 Å². The summed E-state index contributed by atoms with van der Waals surface area (Å²) in [5.74, 6) is 0.815. The summed E-state index contributed by atoms with van der Waals surface area (Å²) in [5, 5.41) is 12.9. The van der Waals surface area contributed by atoms with Gasteiger partial charge in [0, 0.05) is 11.4 Å². The number of thiophene rings is 1. The van der Waals surface area contributed by atoms with Crippen molar-refractivity contribution in [1.82, 2.24) is 14.9 Å². The molecule has 0 spiro atoms. The Labute approximate surface area is 227 Å². The lowest BCUT2D eigenvalue weighted by atomic mass is 10.0. The number of aliphatic hydroxyl groups excluding tert-OH is 1. The van der Waals surface area contributed by atoms with Crippen LogP contribution in [-0.2, 0) is 35.8 Å². The number of aromatic amines is 1. The molecule has 1 aliphatic heterocycles. The number of nitrogens with zero attached hydrogens (tertiary/aromatic N) is 2. The second kappa shape index (κ2) is 9.89. The number of aromatic nitrogens is 2. The number of benzene rings is 1. The standard InChI is InChI=1S/C29H30F3N3O3S/c30-29(31,32)20-4-1-3-19(14-20)24(36)26(38)35-12-2-5-22-21(15-35)25(37)34-27(33-22)28(10-11-28)23-13-18(16-39-23)9-8-17-6-7-17/h1,3-4,13-14,16-17,24,36H,2,5-12,15H2,(H,33,34,37)/t24-/m1/s1. The fourth-order valence-corrected chi connectivity index (χ4v) is 6.71. The molecular formula is C29H30F3N3O3S. The van der Waals surface area contributed by atoms with Gasteiger partial charge in [0.05, 0.1) is 28.8 Å². The van der Waals surface area contributed by atoms with Crippen LogP contribution in [0.1, 0.15) is 83.3 Å². The number of carbonyl (C=O) groups excluding carboxylic acids is 1. The zero-order valence-electron chi connectivity index (χ0n) is 21.4. The van der Waals surface area contributed by atoms with E-state index < -0.39 is 23.8 Å². The molecule has 10 heteroatoms. The molecule has 2 aliphatic carbocycles. The summed E-state index contributed by atoms with van der Waals surface area (Å²) < 4.78 is 39.4. The number of aryl methyl sites for hydroxylation is 2. The fourth-order valence-electron chi connectivity index (χ4n) is 5.50. The zero-order chi connectivity index (χ0) is 27.4. The van der Waals surface area contributed by atoms with Crippen LogP contribution in [-0.4, -0.2) is 32.4 Å². The lowest BCUT2D eigenvalue weighted by Gasteiger charge is -2.24. The quantitative estimate of drug-likeness (QED) is 0.414. The number of aliphatic hydroxyl groups is 1. The molecule has 2 N–H and O–H groups in total. The first-order valence-corrected chi connectivity index (χ1v) is 14.4. The third-order valence-electron chi connectivity index (χ3n) is 8.23. The number of nitrogens with one attached hydrogen (secondary N) is 1. The van der Waals surface area contributed by atoms with Crippen molar-refractivity contribution in [3.05, 3.63) is 84.7 Å². The van der Waals surface area contributed by atoms with E-state index in [9.17, 15) is 27.9 Å². The van der Waals surface area contributed by atoms with Gasteiger partial charge < -0.3 is 15.0 Å². The van der Waals surface area contributed by atoms with Gasteiger partial charge in [-0.2, -0.15) is 13.2 Å². The third-order valence-corrected chi connectivity index (χ3v) is 9.42. The molecule has 2 fully saturated rings. The SMILES string of the molecule is O=C([C@H](O)c1cccc(C(F)(F)F)c1)N1CCCc2nc(C3(c4cc(CCC5CC5)cs4)CC3)[nH]c(=O)c2C1. The van der Waals surface area contributed by atoms with Gasteiger partial charge in [0.1, 0.15) is 5.82 Å². The normalized spacial score (nSPS) is 19.3. The van der Waals surface area contributed by atoms with Crippen molar-refractivity contribution in [2.45, 2.75) is 75.6 Å². The molecule has 2 aromatic heterocycles. The minimum atomic E-state index is -4.59. The largest absolute Gasteiger partial charge is 0.416 e. The van der Waals surface area contributed by atoms with E-state index in [1.54, 1.807) is 11.3 Å². The second-order valence-electron chi connectivity index (χ2n) is 11.1. The Bertz CT molecular complexity index is 1460. The molecule has 0 saturated heterocycles. The first-order chi connectivity index (χ1) is 18.6. The summed E-state index contributed by atoms with van der Waals surface area (Å²) in [6, 6.07) is 6.40. The highest BCUT2D eigenvalue weighted by Gasteiger charge is 2.50. The van der Waals surface area contributed by atoms with Gasteiger partial charge in [0.25, 0.3) is 11.5 Å². The predicted molar refractivity (Wildman–Crippen MR) is 140 cm³/mol. The summed E-state index contributed by atoms with van der Waals surface area (Å²) in [5.41, 5.74) is 0.722. The maximum atomic E-state index is 13.3. The number of fused-ring (bicyclic) bond motifs is 1. The van der Waals surface area contributed by atoms with Crippen LogP contribution in [0.4, 0.5) is 13.2 Å². The van der Waals surface area contributed by atoms with E-state index in [2.05, 4.69) is 16.4 Å². The molecule has 206 valence electrons. The van der Waals surface area contributed by atoms with Crippen molar-refractivity contribution < 1.29 is 23.1 Å². The summed E-state index contributed by atoms with van der Waals surface area (Å²) in [6.45, 7) is 0.213. The summed E-state index contributed by atoms with van der Waals surface area (Å²) >= 11 is 1.73. The minimum Gasteiger partial charge on any atom is -0.378 e. The molecule has 2 saturated carbocycles. The molecule has 3 aliphatic rings. The van der Waals surface area contributed by atoms with E-state index >= 15 is 0 Å². The van der Waals surface area contributed by atoms with Crippen molar-refractivity contribution in [3.63, 3.8) is 0 Å². The monoisotopic (exact) mass is 557 g/mol. The zero-order valence-corrected chi connectivity index (χ0v) is 22.2. The van der Waals surface area contributed by atoms with Gasteiger partial charge in [0.2, 0.25) is 0 Å². The molecule has 1 atom stereocenters. The Balaban J connectivity index is 1.21. The van der Waals surface area contributed by atoms with E-state index in [0.717, 1.165) is 37.3 Å². The second-order valence-corrected chi connectivity index (χ2v) is 12.0. The third kappa shape index (κ3) is 5.28. The van der Waals surface area contributed by atoms with Crippen LogP contribution in [0.5, 0.6) is 0 Å². The van der Waals surface area contributed by atoms with Crippen LogP contribution in [0.2, 0.25) is 0 Å². The van der Waals surface area contributed by atoms with Crippen LogP contribution >= 0.6 is 11.3 Å². The molecule has 6 rings (SSSR count). The first-order valence-electron chi connectivity index (χ1n) is 13.5. The van der Waals surface area contributed by atoms with Crippen LogP contribution in [0.3, 0.4) is 0 Å². The smallest absolute Gasteiger partial charge is 0.378 e. The van der Waals surface area contributed by atoms with Crippen molar-refractivity contribution >= 4 is 17.2 Å². The Hall–Kier alpha value is -2.98. The van der Waals surface area contributed by atoms with Crippen molar-refractivity contribution in [2.24, 2.45) is 5.92 Å². The highest BCUT2D eigenvalue weighted by molar-refractivity contribution is 7.10. The highest BCUT2D eigenvalue weighted by Crippen LogP contribution is 2.54. The average molecular weight is 558 g/mol. The molecule has 0 bridgehead atoms. The molecule has 39 heavy (non-hydrogen) atoms. The molecule has 6 nitrogen and oxygen atoms in total.